The van der Waals surface area contributed by atoms with Crippen molar-refractivity contribution in [1.82, 2.24) is 4.98 Å². The summed E-state index contributed by atoms with van der Waals surface area (Å²) in [6.07, 6.45) is 6.01. The van der Waals surface area contributed by atoms with Crippen LogP contribution in [0.25, 0.3) is 16.5 Å². The highest BCUT2D eigenvalue weighted by molar-refractivity contribution is 6.54. The molecule has 160 valence electrons. The van der Waals surface area contributed by atoms with Crippen LogP contribution in [0.15, 0.2) is 23.8 Å². The Morgan fingerprint density at radius 1 is 1.03 bits per heavy atom. The maximum Gasteiger partial charge on any atom is 0.235 e. The minimum atomic E-state index is -0.496. The van der Waals surface area contributed by atoms with E-state index in [-0.39, 0.29) is 12.2 Å². The molecule has 0 aliphatic heterocycles. The first-order valence-electron chi connectivity index (χ1n) is 11.1. The Hall–Kier alpha value is -2.49. The van der Waals surface area contributed by atoms with Gasteiger partial charge >= 0.3 is 0 Å². The molecule has 3 rings (SSSR count). The second-order valence-electron chi connectivity index (χ2n) is 9.36. The Labute approximate surface area is 179 Å². The number of rotatable bonds is 9. The third kappa shape index (κ3) is 4.63. The van der Waals surface area contributed by atoms with E-state index in [0.29, 0.717) is 28.3 Å². The van der Waals surface area contributed by atoms with E-state index in [1.165, 1.54) is 31.7 Å². The van der Waals surface area contributed by atoms with Gasteiger partial charge < -0.3 is 4.98 Å². The number of fused-ring (bicyclic) bond motifs is 3. The molecule has 0 saturated carbocycles. The average molecular weight is 408 g/mol. The zero-order valence-electron chi connectivity index (χ0n) is 18.9. The number of aromatic amines is 1. The van der Waals surface area contributed by atoms with Crippen molar-refractivity contribution >= 4 is 33.8 Å². The molecular formula is C26H33NO3. The first kappa shape index (κ1) is 22.2. The second-order valence-corrected chi connectivity index (χ2v) is 9.36. The zero-order valence-corrected chi connectivity index (χ0v) is 18.9. The molecule has 4 nitrogen and oxygen atoms in total. The van der Waals surface area contributed by atoms with Gasteiger partial charge in [0, 0.05) is 22.9 Å². The lowest BCUT2D eigenvalue weighted by atomic mass is 9.85. The highest BCUT2D eigenvalue weighted by atomic mass is 16.2. The van der Waals surface area contributed by atoms with Crippen LogP contribution in [0, 0.1) is 11.8 Å². The summed E-state index contributed by atoms with van der Waals surface area (Å²) in [5, 5.41) is 0.793. The molecule has 4 heteroatoms. The standard InChI is InChI=1S/C26H33NO3/c1-15(2)7-6-8-16(3)9-10-19-11-12-22-21(14-19)23-24(27-22)20(13-17(4)28)18(5)25(29)26(23)30/h11-12,14-16,27H,6-10,13H2,1-5H3. The summed E-state index contributed by atoms with van der Waals surface area (Å²) in [5.41, 5.74) is 4.12. The van der Waals surface area contributed by atoms with Crippen LogP contribution in [0.5, 0.6) is 0 Å². The SMILES string of the molecule is CC(=O)CC1=C(C)C(=O)C(=O)c2c1[nH]c1ccc(CCC(C)CCCC(C)C)cc21. The van der Waals surface area contributed by atoms with Crippen molar-refractivity contribution in [3.63, 3.8) is 0 Å². The predicted molar refractivity (Wildman–Crippen MR) is 122 cm³/mol. The van der Waals surface area contributed by atoms with Gasteiger partial charge in [-0.05, 0) is 61.8 Å². The maximum atomic E-state index is 12.8. The molecule has 1 aromatic heterocycles. The van der Waals surface area contributed by atoms with E-state index in [1.807, 2.05) is 12.1 Å². The molecule has 1 heterocycles. The minimum absolute atomic E-state index is 0.0248. The number of nitrogens with one attached hydrogen (secondary N) is 1. The Kier molecular flexibility index (Phi) is 6.74. The molecule has 0 saturated heterocycles. The monoisotopic (exact) mass is 407 g/mol. The number of Topliss-reactive ketones (excluding diaryl/α,β-unsaturated/α-hetero) is 3. The van der Waals surface area contributed by atoms with Crippen molar-refractivity contribution in [2.45, 2.75) is 73.1 Å². The van der Waals surface area contributed by atoms with Gasteiger partial charge in [-0.2, -0.15) is 0 Å². The van der Waals surface area contributed by atoms with Crippen LogP contribution in [-0.2, 0) is 16.0 Å². The number of aromatic nitrogens is 1. The summed E-state index contributed by atoms with van der Waals surface area (Å²) >= 11 is 0. The van der Waals surface area contributed by atoms with E-state index in [2.05, 4.69) is 31.8 Å². The third-order valence-corrected chi connectivity index (χ3v) is 6.22. The normalized spacial score (nSPS) is 15.3. The topological polar surface area (TPSA) is 67.0 Å². The lowest BCUT2D eigenvalue weighted by Crippen LogP contribution is -2.22. The number of benzene rings is 1. The molecule has 0 radical (unpaired) electrons. The van der Waals surface area contributed by atoms with E-state index in [4.69, 9.17) is 0 Å². The smallest absolute Gasteiger partial charge is 0.235 e. The summed E-state index contributed by atoms with van der Waals surface area (Å²) in [7, 11) is 0. The summed E-state index contributed by atoms with van der Waals surface area (Å²) in [5.74, 6) is 0.424. The Bertz CT molecular complexity index is 1020. The van der Waals surface area contributed by atoms with Crippen molar-refractivity contribution in [3.05, 3.63) is 40.6 Å². The molecule has 1 N–H and O–H groups in total. The van der Waals surface area contributed by atoms with Crippen LogP contribution in [0.2, 0.25) is 0 Å². The molecule has 0 amide bonds. The Morgan fingerprint density at radius 2 is 1.77 bits per heavy atom. The number of allylic oxidation sites excluding steroid dienone is 2. The van der Waals surface area contributed by atoms with Gasteiger partial charge in [-0.1, -0.05) is 46.1 Å². The number of carbonyl (C=O) groups excluding carboxylic acids is 3. The molecule has 1 aliphatic rings. The fraction of sp³-hybridized carbons (Fsp3) is 0.500. The molecule has 30 heavy (non-hydrogen) atoms. The third-order valence-electron chi connectivity index (χ3n) is 6.22. The Balaban J connectivity index is 1.85. The number of H-pyrrole nitrogens is 1. The van der Waals surface area contributed by atoms with Crippen LogP contribution in [0.1, 0.15) is 88.3 Å². The van der Waals surface area contributed by atoms with Gasteiger partial charge in [0.05, 0.1) is 11.3 Å². The fourth-order valence-corrected chi connectivity index (χ4v) is 4.37. The number of carbonyl (C=O) groups is 3. The van der Waals surface area contributed by atoms with Crippen LogP contribution >= 0.6 is 0 Å². The van der Waals surface area contributed by atoms with E-state index in [1.54, 1.807) is 6.92 Å². The molecule has 1 aliphatic carbocycles. The first-order chi connectivity index (χ1) is 14.2. The molecule has 0 spiro atoms. The van der Waals surface area contributed by atoms with Gasteiger partial charge in [0.2, 0.25) is 11.6 Å². The summed E-state index contributed by atoms with van der Waals surface area (Å²) in [6.45, 7) is 9.98. The lowest BCUT2D eigenvalue weighted by Gasteiger charge is -2.16. The first-order valence-corrected chi connectivity index (χ1v) is 11.1. The lowest BCUT2D eigenvalue weighted by molar-refractivity contribution is -0.116. The number of ketones is 3. The van der Waals surface area contributed by atoms with Crippen LogP contribution in [0.4, 0.5) is 0 Å². The summed E-state index contributed by atoms with van der Waals surface area (Å²) < 4.78 is 0. The van der Waals surface area contributed by atoms with Gasteiger partial charge in [-0.3, -0.25) is 14.4 Å². The van der Waals surface area contributed by atoms with Gasteiger partial charge in [0.15, 0.2) is 0 Å². The minimum Gasteiger partial charge on any atom is -0.354 e. The molecular weight excluding hydrogens is 374 g/mol. The number of hydrogen-bond acceptors (Lipinski definition) is 3. The maximum absolute atomic E-state index is 12.8. The quantitative estimate of drug-likeness (QED) is 0.512. The molecule has 0 fully saturated rings. The van der Waals surface area contributed by atoms with E-state index in [9.17, 15) is 14.4 Å². The Morgan fingerprint density at radius 3 is 2.43 bits per heavy atom. The van der Waals surface area contributed by atoms with Crippen LogP contribution < -0.4 is 0 Å². The van der Waals surface area contributed by atoms with Gasteiger partial charge in [0.1, 0.15) is 5.78 Å². The van der Waals surface area contributed by atoms with Crippen molar-refractivity contribution < 1.29 is 14.4 Å². The van der Waals surface area contributed by atoms with Gasteiger partial charge in [0.25, 0.3) is 0 Å². The van der Waals surface area contributed by atoms with E-state index >= 15 is 0 Å². The molecule has 0 bridgehead atoms. The van der Waals surface area contributed by atoms with E-state index < -0.39 is 11.6 Å². The number of aryl methyl sites for hydroxylation is 1. The number of hydrogen-bond donors (Lipinski definition) is 1. The zero-order chi connectivity index (χ0) is 22.0. The average Bonchev–Trinajstić information content (AvgIpc) is 3.06. The summed E-state index contributed by atoms with van der Waals surface area (Å²) in [4.78, 5) is 40.4. The van der Waals surface area contributed by atoms with Gasteiger partial charge in [-0.25, -0.2) is 0 Å². The fourth-order valence-electron chi connectivity index (χ4n) is 4.37. The van der Waals surface area contributed by atoms with Crippen molar-refractivity contribution in [2.75, 3.05) is 0 Å². The molecule has 1 atom stereocenters. The largest absolute Gasteiger partial charge is 0.354 e. The van der Waals surface area contributed by atoms with Crippen molar-refractivity contribution in [1.29, 1.82) is 0 Å². The van der Waals surface area contributed by atoms with Crippen molar-refractivity contribution in [3.8, 4) is 0 Å². The van der Waals surface area contributed by atoms with Crippen LogP contribution in [-0.4, -0.2) is 22.3 Å². The summed E-state index contributed by atoms with van der Waals surface area (Å²) in [6, 6.07) is 6.13. The molecule has 1 unspecified atom stereocenters. The highest BCUT2D eigenvalue weighted by Crippen LogP contribution is 2.36. The highest BCUT2D eigenvalue weighted by Gasteiger charge is 2.34. The van der Waals surface area contributed by atoms with Crippen LogP contribution in [0.3, 0.4) is 0 Å². The second kappa shape index (κ2) is 9.11. The van der Waals surface area contributed by atoms with Gasteiger partial charge in [-0.15, -0.1) is 0 Å². The predicted octanol–water partition coefficient (Wildman–Crippen LogP) is 6.08. The van der Waals surface area contributed by atoms with Crippen molar-refractivity contribution in [2.24, 2.45) is 11.8 Å². The molecule has 2 aromatic rings. The van der Waals surface area contributed by atoms with E-state index in [0.717, 1.165) is 29.7 Å². The molecule has 1 aromatic carbocycles.